The molecule has 0 aliphatic rings. The van der Waals surface area contributed by atoms with Crippen LogP contribution in [0.4, 0.5) is 11.6 Å². The van der Waals surface area contributed by atoms with Gasteiger partial charge in [0.05, 0.1) is 17.8 Å². The van der Waals surface area contributed by atoms with Gasteiger partial charge in [-0.1, -0.05) is 18.2 Å². The molecule has 176 valence electrons. The SMILES string of the molecule is c1cncc(COc2cc3nc(Nc4cccc(Cn5cccn5)c4)ncc3cc2-c2cc[nH]n2)c1. The van der Waals surface area contributed by atoms with Crippen LogP contribution in [0.5, 0.6) is 5.75 Å². The predicted molar refractivity (Wildman–Crippen MR) is 137 cm³/mol. The summed E-state index contributed by atoms with van der Waals surface area (Å²) < 4.78 is 8.08. The van der Waals surface area contributed by atoms with Gasteiger partial charge in [-0.15, -0.1) is 0 Å². The van der Waals surface area contributed by atoms with E-state index in [9.17, 15) is 0 Å². The van der Waals surface area contributed by atoms with Gasteiger partial charge in [0.2, 0.25) is 5.95 Å². The number of fused-ring (bicyclic) bond motifs is 1. The van der Waals surface area contributed by atoms with E-state index in [0.717, 1.165) is 39.0 Å². The van der Waals surface area contributed by atoms with Crippen LogP contribution >= 0.6 is 0 Å². The third kappa shape index (κ3) is 4.76. The topological polar surface area (TPSA) is 106 Å². The Bertz CT molecular complexity index is 1580. The van der Waals surface area contributed by atoms with Gasteiger partial charge < -0.3 is 10.1 Å². The number of aromatic amines is 1. The highest BCUT2D eigenvalue weighted by Gasteiger charge is 2.13. The number of nitrogens with zero attached hydrogens (tertiary/aromatic N) is 6. The summed E-state index contributed by atoms with van der Waals surface area (Å²) in [5, 5.41) is 15.7. The Labute approximate surface area is 206 Å². The van der Waals surface area contributed by atoms with E-state index in [4.69, 9.17) is 9.72 Å². The monoisotopic (exact) mass is 474 g/mol. The number of ether oxygens (including phenoxy) is 1. The molecule has 0 atom stereocenters. The minimum Gasteiger partial charge on any atom is -0.488 e. The minimum atomic E-state index is 0.385. The molecule has 0 radical (unpaired) electrons. The molecule has 0 spiro atoms. The largest absolute Gasteiger partial charge is 0.488 e. The molecule has 9 heteroatoms. The minimum absolute atomic E-state index is 0.385. The molecule has 36 heavy (non-hydrogen) atoms. The van der Waals surface area contributed by atoms with Crippen LogP contribution in [0.25, 0.3) is 22.2 Å². The van der Waals surface area contributed by atoms with Crippen molar-refractivity contribution in [1.82, 2.24) is 34.9 Å². The molecule has 0 aliphatic carbocycles. The Morgan fingerprint density at radius 2 is 1.92 bits per heavy atom. The Morgan fingerprint density at radius 3 is 2.75 bits per heavy atom. The molecule has 9 nitrogen and oxygen atoms in total. The fourth-order valence-electron chi connectivity index (χ4n) is 3.95. The van der Waals surface area contributed by atoms with E-state index in [1.54, 1.807) is 31.0 Å². The molecular formula is C27H22N8O. The zero-order valence-corrected chi connectivity index (χ0v) is 19.2. The number of pyridine rings is 1. The smallest absolute Gasteiger partial charge is 0.227 e. The average Bonchev–Trinajstić information content (AvgIpc) is 3.63. The number of hydrogen-bond donors (Lipinski definition) is 2. The van der Waals surface area contributed by atoms with Crippen LogP contribution in [0.1, 0.15) is 11.1 Å². The van der Waals surface area contributed by atoms with Gasteiger partial charge in [0.15, 0.2) is 0 Å². The summed E-state index contributed by atoms with van der Waals surface area (Å²) in [6, 6.07) is 19.7. The summed E-state index contributed by atoms with van der Waals surface area (Å²) in [4.78, 5) is 13.5. The molecule has 2 N–H and O–H groups in total. The lowest BCUT2D eigenvalue weighted by Gasteiger charge is -2.13. The van der Waals surface area contributed by atoms with Gasteiger partial charge in [0.25, 0.3) is 0 Å². The van der Waals surface area contributed by atoms with E-state index < -0.39 is 0 Å². The lowest BCUT2D eigenvalue weighted by atomic mass is 10.1. The Kier molecular flexibility index (Phi) is 5.77. The van der Waals surface area contributed by atoms with Crippen molar-refractivity contribution in [3.63, 3.8) is 0 Å². The van der Waals surface area contributed by atoms with Crippen LogP contribution in [-0.2, 0) is 13.2 Å². The molecule has 0 unspecified atom stereocenters. The van der Waals surface area contributed by atoms with Gasteiger partial charge in [0.1, 0.15) is 12.4 Å². The molecule has 0 amide bonds. The van der Waals surface area contributed by atoms with E-state index in [-0.39, 0.29) is 0 Å². The summed E-state index contributed by atoms with van der Waals surface area (Å²) in [5.74, 6) is 1.19. The molecule has 0 saturated heterocycles. The van der Waals surface area contributed by atoms with Gasteiger partial charge in [0, 0.05) is 65.4 Å². The van der Waals surface area contributed by atoms with Crippen molar-refractivity contribution < 1.29 is 4.74 Å². The average molecular weight is 475 g/mol. The van der Waals surface area contributed by atoms with Gasteiger partial charge in [-0.3, -0.25) is 14.8 Å². The summed E-state index contributed by atoms with van der Waals surface area (Å²) in [5.41, 5.74) is 5.42. The lowest BCUT2D eigenvalue weighted by Crippen LogP contribution is -2.02. The summed E-state index contributed by atoms with van der Waals surface area (Å²) >= 11 is 0. The molecule has 0 saturated carbocycles. The molecule has 6 aromatic rings. The quantitative estimate of drug-likeness (QED) is 0.320. The van der Waals surface area contributed by atoms with Crippen LogP contribution in [0.15, 0.2) is 97.8 Å². The van der Waals surface area contributed by atoms with Gasteiger partial charge in [-0.05, 0) is 42.0 Å². The molecule has 4 aromatic heterocycles. The molecule has 4 heterocycles. The lowest BCUT2D eigenvalue weighted by molar-refractivity contribution is 0.307. The van der Waals surface area contributed by atoms with Gasteiger partial charge in [-0.2, -0.15) is 10.2 Å². The van der Waals surface area contributed by atoms with E-state index in [1.807, 2.05) is 59.4 Å². The van der Waals surface area contributed by atoms with Gasteiger partial charge in [-0.25, -0.2) is 9.97 Å². The first kappa shape index (κ1) is 21.5. The fraction of sp³-hybridized carbons (Fsp3) is 0.0741. The van der Waals surface area contributed by atoms with Crippen molar-refractivity contribution in [2.24, 2.45) is 0 Å². The first-order chi connectivity index (χ1) is 17.8. The van der Waals surface area contributed by atoms with Crippen molar-refractivity contribution in [1.29, 1.82) is 0 Å². The fourth-order valence-corrected chi connectivity index (χ4v) is 3.95. The standard InChI is InChI=1S/C27H22N8O/c1-4-19(17-35-11-3-9-31-35)12-22(6-1)32-27-29-16-21-13-23(24-7-10-30-34-24)26(14-25(21)33-27)36-18-20-5-2-8-28-15-20/h1-16H,17-18H2,(H,30,34)(H,29,32,33). The van der Waals surface area contributed by atoms with Crippen molar-refractivity contribution >= 4 is 22.5 Å². The predicted octanol–water partition coefficient (Wildman–Crippen LogP) is 4.98. The van der Waals surface area contributed by atoms with Crippen molar-refractivity contribution in [3.8, 4) is 17.0 Å². The third-order valence-electron chi connectivity index (χ3n) is 5.66. The van der Waals surface area contributed by atoms with Crippen LogP contribution in [0.3, 0.4) is 0 Å². The highest BCUT2D eigenvalue weighted by Crippen LogP contribution is 2.33. The van der Waals surface area contributed by atoms with E-state index >= 15 is 0 Å². The third-order valence-corrected chi connectivity index (χ3v) is 5.66. The maximum Gasteiger partial charge on any atom is 0.227 e. The van der Waals surface area contributed by atoms with Crippen LogP contribution < -0.4 is 10.1 Å². The first-order valence-corrected chi connectivity index (χ1v) is 11.5. The molecule has 6 rings (SSSR count). The van der Waals surface area contributed by atoms with Gasteiger partial charge >= 0.3 is 0 Å². The Hall–Kier alpha value is -5.05. The maximum absolute atomic E-state index is 6.20. The molecule has 0 fully saturated rings. The summed E-state index contributed by atoms with van der Waals surface area (Å²) in [6.07, 6.45) is 10.8. The highest BCUT2D eigenvalue weighted by molar-refractivity contribution is 5.87. The number of H-pyrrole nitrogens is 1. The van der Waals surface area contributed by atoms with Crippen molar-refractivity contribution in [2.75, 3.05) is 5.32 Å². The number of anilines is 2. The van der Waals surface area contributed by atoms with Crippen LogP contribution in [0.2, 0.25) is 0 Å². The summed E-state index contributed by atoms with van der Waals surface area (Å²) in [7, 11) is 0. The second-order valence-electron chi connectivity index (χ2n) is 8.24. The molecule has 2 aromatic carbocycles. The second-order valence-corrected chi connectivity index (χ2v) is 8.24. The number of hydrogen-bond acceptors (Lipinski definition) is 7. The molecule has 0 bridgehead atoms. The number of aromatic nitrogens is 7. The highest BCUT2D eigenvalue weighted by atomic mass is 16.5. The number of nitrogens with one attached hydrogen (secondary N) is 2. The zero-order valence-electron chi connectivity index (χ0n) is 19.2. The van der Waals surface area contributed by atoms with Crippen LogP contribution in [-0.4, -0.2) is 34.9 Å². The summed E-state index contributed by atoms with van der Waals surface area (Å²) in [6.45, 7) is 1.07. The number of rotatable bonds is 8. The van der Waals surface area contributed by atoms with Crippen LogP contribution in [0, 0.1) is 0 Å². The first-order valence-electron chi connectivity index (χ1n) is 11.5. The normalized spacial score (nSPS) is 11.0. The molecular weight excluding hydrogens is 452 g/mol. The van der Waals surface area contributed by atoms with E-state index in [1.165, 1.54) is 0 Å². The second kappa shape index (κ2) is 9.67. The zero-order chi connectivity index (χ0) is 24.2. The Balaban J connectivity index is 1.29. The maximum atomic E-state index is 6.20. The van der Waals surface area contributed by atoms with E-state index in [0.29, 0.717) is 24.8 Å². The molecule has 0 aliphatic heterocycles. The van der Waals surface area contributed by atoms with E-state index in [2.05, 4.69) is 42.7 Å². The van der Waals surface area contributed by atoms with Crippen molar-refractivity contribution in [3.05, 3.63) is 109 Å². The van der Waals surface area contributed by atoms with Crippen molar-refractivity contribution in [2.45, 2.75) is 13.2 Å². The Morgan fingerprint density at radius 1 is 0.944 bits per heavy atom. The number of benzene rings is 2.